The minimum absolute atomic E-state index is 1.14. The smallest absolute Gasteiger partial charge is 0.00141 e. The van der Waals surface area contributed by atoms with E-state index < -0.39 is 0 Å². The van der Waals surface area contributed by atoms with Crippen LogP contribution in [0, 0.1) is 6.92 Å². The highest BCUT2D eigenvalue weighted by atomic mass is 32.1. The van der Waals surface area contributed by atoms with E-state index in [9.17, 15) is 0 Å². The Bertz CT molecular complexity index is 322. The highest BCUT2D eigenvalue weighted by Gasteiger charge is 1.80. The van der Waals surface area contributed by atoms with Gasteiger partial charge in [0.05, 0.1) is 0 Å². The summed E-state index contributed by atoms with van der Waals surface area (Å²) in [5.74, 6) is 0. The zero-order valence-electron chi connectivity index (χ0n) is 10.7. The van der Waals surface area contributed by atoms with Crippen molar-refractivity contribution in [1.82, 2.24) is 0 Å². The van der Waals surface area contributed by atoms with Crippen LogP contribution >= 0.6 is 11.3 Å². The van der Waals surface area contributed by atoms with Crippen molar-refractivity contribution in [3.8, 4) is 0 Å². The molecule has 0 bridgehead atoms. The van der Waals surface area contributed by atoms with Crippen LogP contribution in [0.4, 0.5) is 0 Å². The van der Waals surface area contributed by atoms with E-state index in [0.717, 1.165) is 6.42 Å². The number of hydrogen-bond donors (Lipinski definition) is 0. The van der Waals surface area contributed by atoms with Gasteiger partial charge in [0.1, 0.15) is 0 Å². The van der Waals surface area contributed by atoms with E-state index in [1.165, 1.54) is 10.4 Å². The second-order valence-electron chi connectivity index (χ2n) is 3.06. The maximum absolute atomic E-state index is 2.16. The fourth-order valence-electron chi connectivity index (χ4n) is 1.07. The first-order valence-corrected chi connectivity index (χ1v) is 6.75. The fourth-order valence-corrected chi connectivity index (χ4v) is 1.60. The average Bonchev–Trinajstić information content (AvgIpc) is 2.85. The predicted molar refractivity (Wildman–Crippen MR) is 76.2 cm³/mol. The third kappa shape index (κ3) is 7.24. The van der Waals surface area contributed by atoms with Gasteiger partial charge >= 0.3 is 0 Å². The van der Waals surface area contributed by atoms with E-state index in [1.807, 2.05) is 19.9 Å². The predicted octanol–water partition coefficient (Wildman–Crippen LogP) is 5.33. The third-order valence-electron chi connectivity index (χ3n) is 1.91. The molecule has 0 fully saturated rings. The van der Waals surface area contributed by atoms with E-state index in [0.29, 0.717) is 0 Å². The molecule has 0 aliphatic rings. The first-order chi connectivity index (χ1) is 7.83. The molecule has 0 spiro atoms. The molecule has 0 radical (unpaired) electrons. The summed E-state index contributed by atoms with van der Waals surface area (Å²) in [5, 5.41) is 2.08. The molecule has 0 N–H and O–H groups in total. The zero-order chi connectivity index (χ0) is 12.2. The van der Waals surface area contributed by atoms with Gasteiger partial charge < -0.3 is 0 Å². The standard InChI is InChI=1S/C8H10.C5H6S.C2H6/c1-2-8-6-4-3-5-7-8;1-5-3-2-4-6-5;1-2/h3-7H,2H2,1H3;2-4H,1H3;1-2H3. The van der Waals surface area contributed by atoms with E-state index in [4.69, 9.17) is 0 Å². The van der Waals surface area contributed by atoms with Crippen molar-refractivity contribution in [1.29, 1.82) is 0 Å². The minimum Gasteiger partial charge on any atom is -0.149 e. The van der Waals surface area contributed by atoms with Gasteiger partial charge in [-0.25, -0.2) is 0 Å². The zero-order valence-corrected chi connectivity index (χ0v) is 11.6. The lowest BCUT2D eigenvalue weighted by molar-refractivity contribution is 1.14. The summed E-state index contributed by atoms with van der Waals surface area (Å²) in [5.41, 5.74) is 1.41. The molecule has 0 unspecified atom stereocenters. The Balaban J connectivity index is 0.000000251. The number of thiophene rings is 1. The van der Waals surface area contributed by atoms with Crippen LogP contribution in [0.1, 0.15) is 31.2 Å². The monoisotopic (exact) mass is 234 g/mol. The first kappa shape index (κ1) is 14.9. The lowest BCUT2D eigenvalue weighted by Gasteiger charge is -1.89. The summed E-state index contributed by atoms with van der Waals surface area (Å²) in [6.07, 6.45) is 1.14. The quantitative estimate of drug-likeness (QED) is 0.625. The normalized spacial score (nSPS) is 8.25. The molecule has 0 amide bonds. The number of rotatable bonds is 1. The summed E-state index contributed by atoms with van der Waals surface area (Å²) < 4.78 is 0. The van der Waals surface area contributed by atoms with Crippen LogP contribution < -0.4 is 0 Å². The largest absolute Gasteiger partial charge is 0.149 e. The highest BCUT2D eigenvalue weighted by Crippen LogP contribution is 2.03. The van der Waals surface area contributed by atoms with Gasteiger partial charge in [-0.05, 0) is 30.4 Å². The molecule has 0 saturated heterocycles. The van der Waals surface area contributed by atoms with Crippen molar-refractivity contribution in [3.05, 3.63) is 58.3 Å². The number of benzene rings is 1. The maximum atomic E-state index is 2.16. The van der Waals surface area contributed by atoms with Crippen LogP contribution in [0.5, 0.6) is 0 Å². The van der Waals surface area contributed by atoms with Crippen molar-refractivity contribution in [2.45, 2.75) is 34.1 Å². The number of aryl methyl sites for hydroxylation is 2. The summed E-state index contributed by atoms with van der Waals surface area (Å²) >= 11 is 1.78. The Labute approximate surface area is 104 Å². The van der Waals surface area contributed by atoms with Gasteiger partial charge in [0.2, 0.25) is 0 Å². The average molecular weight is 234 g/mol. The van der Waals surface area contributed by atoms with Gasteiger partial charge in [-0.15, -0.1) is 11.3 Å². The van der Waals surface area contributed by atoms with Crippen LogP contribution in [-0.2, 0) is 6.42 Å². The second kappa shape index (κ2) is 10.4. The molecule has 0 aliphatic carbocycles. The van der Waals surface area contributed by atoms with Gasteiger partial charge in [-0.2, -0.15) is 0 Å². The van der Waals surface area contributed by atoms with Gasteiger partial charge in [-0.3, -0.25) is 0 Å². The summed E-state index contributed by atoms with van der Waals surface area (Å²) in [4.78, 5) is 1.38. The molecule has 1 aromatic heterocycles. The van der Waals surface area contributed by atoms with Crippen molar-refractivity contribution < 1.29 is 0 Å². The molecule has 0 saturated carbocycles. The Morgan fingerprint density at radius 1 is 0.938 bits per heavy atom. The molecule has 0 atom stereocenters. The Kier molecular flexibility index (Phi) is 9.73. The number of hydrogen-bond acceptors (Lipinski definition) is 1. The van der Waals surface area contributed by atoms with E-state index in [2.05, 4.69) is 55.6 Å². The maximum Gasteiger partial charge on any atom is 0.00141 e. The van der Waals surface area contributed by atoms with Crippen LogP contribution in [0.2, 0.25) is 0 Å². The SMILES string of the molecule is CC.CCc1ccccc1.Cc1cccs1. The molecule has 0 nitrogen and oxygen atoms in total. The Morgan fingerprint density at radius 2 is 1.56 bits per heavy atom. The highest BCUT2D eigenvalue weighted by molar-refractivity contribution is 7.09. The lowest BCUT2D eigenvalue weighted by atomic mass is 10.2. The fraction of sp³-hybridized carbons (Fsp3) is 0.333. The Hall–Kier alpha value is -1.08. The van der Waals surface area contributed by atoms with Crippen molar-refractivity contribution >= 4 is 11.3 Å². The molecule has 1 heteroatoms. The van der Waals surface area contributed by atoms with Gasteiger partial charge in [-0.1, -0.05) is 57.2 Å². The lowest BCUT2D eigenvalue weighted by Crippen LogP contribution is -1.73. The topological polar surface area (TPSA) is 0 Å². The van der Waals surface area contributed by atoms with Crippen LogP contribution in [0.3, 0.4) is 0 Å². The molecule has 2 rings (SSSR count). The van der Waals surface area contributed by atoms with E-state index >= 15 is 0 Å². The molecule has 0 aliphatic heterocycles. The molecular weight excluding hydrogens is 212 g/mol. The minimum atomic E-state index is 1.14. The molecule has 16 heavy (non-hydrogen) atoms. The van der Waals surface area contributed by atoms with Crippen LogP contribution in [0.15, 0.2) is 47.8 Å². The summed E-state index contributed by atoms with van der Waals surface area (Å²) in [6.45, 7) is 8.26. The summed E-state index contributed by atoms with van der Waals surface area (Å²) in [6, 6.07) is 14.6. The second-order valence-corrected chi connectivity index (χ2v) is 4.21. The first-order valence-electron chi connectivity index (χ1n) is 5.87. The Morgan fingerprint density at radius 3 is 1.81 bits per heavy atom. The van der Waals surface area contributed by atoms with E-state index in [1.54, 1.807) is 11.3 Å². The summed E-state index contributed by atoms with van der Waals surface area (Å²) in [7, 11) is 0. The van der Waals surface area contributed by atoms with E-state index in [-0.39, 0.29) is 0 Å². The van der Waals surface area contributed by atoms with Crippen molar-refractivity contribution in [2.75, 3.05) is 0 Å². The molecule has 2 aromatic rings. The third-order valence-corrected chi connectivity index (χ3v) is 2.72. The van der Waals surface area contributed by atoms with Gasteiger partial charge in [0.15, 0.2) is 0 Å². The van der Waals surface area contributed by atoms with Crippen molar-refractivity contribution in [3.63, 3.8) is 0 Å². The molecular formula is C15H22S. The van der Waals surface area contributed by atoms with Gasteiger partial charge in [0, 0.05) is 4.88 Å². The van der Waals surface area contributed by atoms with Gasteiger partial charge in [0.25, 0.3) is 0 Å². The van der Waals surface area contributed by atoms with Crippen molar-refractivity contribution in [2.24, 2.45) is 0 Å². The van der Waals surface area contributed by atoms with Crippen LogP contribution in [-0.4, -0.2) is 0 Å². The van der Waals surface area contributed by atoms with Crippen LogP contribution in [0.25, 0.3) is 0 Å². The molecule has 1 heterocycles. The molecule has 88 valence electrons. The molecule has 1 aromatic carbocycles.